The lowest BCUT2D eigenvalue weighted by atomic mass is 9.98. The van der Waals surface area contributed by atoms with Crippen LogP contribution < -0.4 is 20.3 Å². The predicted octanol–water partition coefficient (Wildman–Crippen LogP) is 3.56. The van der Waals surface area contributed by atoms with Crippen molar-refractivity contribution in [2.75, 3.05) is 38.7 Å². The SMILES string of the molecule is CN=C(NCCC(C)c1ccc(OC)cc1)NCc1ccc(N2CC(C)OC(C)C2)nc1. The Bertz CT molecular complexity index is 844. The largest absolute Gasteiger partial charge is 0.497 e. The van der Waals surface area contributed by atoms with Gasteiger partial charge in [-0.25, -0.2) is 4.98 Å². The molecule has 7 heteroatoms. The quantitative estimate of drug-likeness (QED) is 0.484. The molecule has 32 heavy (non-hydrogen) atoms. The third-order valence-corrected chi connectivity index (χ3v) is 5.79. The zero-order valence-electron chi connectivity index (χ0n) is 20.0. The van der Waals surface area contributed by atoms with Gasteiger partial charge in [0.2, 0.25) is 0 Å². The van der Waals surface area contributed by atoms with E-state index in [0.717, 1.165) is 49.1 Å². The lowest BCUT2D eigenvalue weighted by molar-refractivity contribution is -0.00545. The van der Waals surface area contributed by atoms with Gasteiger partial charge in [0.15, 0.2) is 5.96 Å². The molecule has 0 amide bonds. The smallest absolute Gasteiger partial charge is 0.191 e. The van der Waals surface area contributed by atoms with E-state index in [2.05, 4.69) is 70.5 Å². The summed E-state index contributed by atoms with van der Waals surface area (Å²) in [7, 11) is 3.49. The number of methoxy groups -OCH3 is 1. The number of aromatic nitrogens is 1. The summed E-state index contributed by atoms with van der Waals surface area (Å²) in [5.74, 6) is 3.15. The van der Waals surface area contributed by atoms with Crippen LogP contribution >= 0.6 is 0 Å². The highest BCUT2D eigenvalue weighted by atomic mass is 16.5. The number of ether oxygens (including phenoxy) is 2. The van der Waals surface area contributed by atoms with Crippen LogP contribution in [-0.4, -0.2) is 56.9 Å². The van der Waals surface area contributed by atoms with E-state index < -0.39 is 0 Å². The second kappa shape index (κ2) is 11.7. The topological polar surface area (TPSA) is 71.0 Å². The number of hydrogen-bond donors (Lipinski definition) is 2. The van der Waals surface area contributed by atoms with Crippen molar-refractivity contribution >= 4 is 11.8 Å². The molecular formula is C25H37N5O2. The number of anilines is 1. The Kier molecular flexibility index (Phi) is 8.73. The van der Waals surface area contributed by atoms with Crippen LogP contribution in [0.3, 0.4) is 0 Å². The normalized spacial score (nSPS) is 20.0. The first kappa shape index (κ1) is 23.9. The number of benzene rings is 1. The van der Waals surface area contributed by atoms with Gasteiger partial charge in [-0.1, -0.05) is 25.1 Å². The van der Waals surface area contributed by atoms with Crippen molar-refractivity contribution in [2.45, 2.75) is 51.9 Å². The van der Waals surface area contributed by atoms with Gasteiger partial charge in [-0.05, 0) is 55.5 Å². The zero-order valence-corrected chi connectivity index (χ0v) is 20.0. The fraction of sp³-hybridized carbons (Fsp3) is 0.520. The third kappa shape index (κ3) is 6.85. The summed E-state index contributed by atoms with van der Waals surface area (Å²) in [6.45, 7) is 9.73. The first-order chi connectivity index (χ1) is 15.5. The van der Waals surface area contributed by atoms with Crippen LogP contribution in [0.15, 0.2) is 47.6 Å². The average Bonchev–Trinajstić information content (AvgIpc) is 2.81. The van der Waals surface area contributed by atoms with Crippen LogP contribution in [0.25, 0.3) is 0 Å². The third-order valence-electron chi connectivity index (χ3n) is 5.79. The number of rotatable bonds is 8. The molecule has 2 aromatic rings. The van der Waals surface area contributed by atoms with E-state index in [4.69, 9.17) is 9.47 Å². The molecule has 3 rings (SSSR count). The number of nitrogens with one attached hydrogen (secondary N) is 2. The first-order valence-electron chi connectivity index (χ1n) is 11.4. The Hall–Kier alpha value is -2.80. The highest BCUT2D eigenvalue weighted by Gasteiger charge is 2.22. The summed E-state index contributed by atoms with van der Waals surface area (Å²) < 4.78 is 11.1. The molecule has 7 nitrogen and oxygen atoms in total. The monoisotopic (exact) mass is 439 g/mol. The van der Waals surface area contributed by atoms with Gasteiger partial charge in [-0.2, -0.15) is 0 Å². The van der Waals surface area contributed by atoms with Gasteiger partial charge in [0, 0.05) is 39.4 Å². The van der Waals surface area contributed by atoms with E-state index in [-0.39, 0.29) is 12.2 Å². The standard InChI is InChI=1S/C25H37N5O2/c1-18(22-7-9-23(31-5)10-8-22)12-13-27-25(26-4)29-15-21-6-11-24(28-14-21)30-16-19(2)32-20(3)17-30/h6-11,14,18-20H,12-13,15-17H2,1-5H3,(H2,26,27,29). The second-order valence-electron chi connectivity index (χ2n) is 8.50. The minimum atomic E-state index is 0.226. The molecule has 0 aliphatic carbocycles. The highest BCUT2D eigenvalue weighted by molar-refractivity contribution is 5.79. The van der Waals surface area contributed by atoms with Crippen molar-refractivity contribution in [2.24, 2.45) is 4.99 Å². The Morgan fingerprint density at radius 2 is 1.88 bits per heavy atom. The van der Waals surface area contributed by atoms with E-state index in [1.807, 2.05) is 18.3 Å². The molecule has 1 aromatic heterocycles. The minimum absolute atomic E-state index is 0.226. The summed E-state index contributed by atoms with van der Waals surface area (Å²) in [5, 5.41) is 6.78. The fourth-order valence-corrected chi connectivity index (χ4v) is 3.99. The molecule has 174 valence electrons. The van der Waals surface area contributed by atoms with Gasteiger partial charge in [-0.3, -0.25) is 4.99 Å². The lowest BCUT2D eigenvalue weighted by Crippen LogP contribution is -2.45. The molecule has 1 aromatic carbocycles. The summed E-state index contributed by atoms with van der Waals surface area (Å²) in [6, 6.07) is 12.5. The Morgan fingerprint density at radius 3 is 2.47 bits per heavy atom. The molecule has 0 saturated carbocycles. The molecule has 0 radical (unpaired) electrons. The van der Waals surface area contributed by atoms with Crippen molar-refractivity contribution in [3.05, 3.63) is 53.7 Å². The zero-order chi connectivity index (χ0) is 22.9. The number of guanidine groups is 1. The summed E-state index contributed by atoms with van der Waals surface area (Å²) in [6.07, 6.45) is 3.40. The maximum Gasteiger partial charge on any atom is 0.191 e. The van der Waals surface area contributed by atoms with Crippen molar-refractivity contribution in [1.82, 2.24) is 15.6 Å². The molecule has 0 bridgehead atoms. The van der Waals surface area contributed by atoms with Gasteiger partial charge >= 0.3 is 0 Å². The van der Waals surface area contributed by atoms with Crippen LogP contribution in [0.2, 0.25) is 0 Å². The average molecular weight is 440 g/mol. The molecule has 1 saturated heterocycles. The van der Waals surface area contributed by atoms with E-state index in [9.17, 15) is 0 Å². The Morgan fingerprint density at radius 1 is 1.16 bits per heavy atom. The summed E-state index contributed by atoms with van der Waals surface area (Å²) in [5.41, 5.74) is 2.43. The summed E-state index contributed by atoms with van der Waals surface area (Å²) in [4.78, 5) is 11.3. The number of hydrogen-bond acceptors (Lipinski definition) is 5. The molecule has 0 spiro atoms. The van der Waals surface area contributed by atoms with E-state index >= 15 is 0 Å². The van der Waals surface area contributed by atoms with Crippen LogP contribution in [0.5, 0.6) is 5.75 Å². The van der Waals surface area contributed by atoms with Crippen molar-refractivity contribution < 1.29 is 9.47 Å². The van der Waals surface area contributed by atoms with Gasteiger partial charge in [0.05, 0.1) is 19.3 Å². The van der Waals surface area contributed by atoms with Crippen molar-refractivity contribution in [3.8, 4) is 5.75 Å². The van der Waals surface area contributed by atoms with Crippen LogP contribution in [-0.2, 0) is 11.3 Å². The minimum Gasteiger partial charge on any atom is -0.497 e. The van der Waals surface area contributed by atoms with Gasteiger partial charge in [-0.15, -0.1) is 0 Å². The molecule has 1 aliphatic heterocycles. The predicted molar refractivity (Wildman–Crippen MR) is 131 cm³/mol. The molecule has 1 aliphatic rings. The van der Waals surface area contributed by atoms with Crippen LogP contribution in [0.1, 0.15) is 44.2 Å². The molecule has 2 N–H and O–H groups in total. The molecule has 2 heterocycles. The number of nitrogens with zero attached hydrogens (tertiary/aromatic N) is 3. The number of aliphatic imine (C=N–C) groups is 1. The molecule has 3 unspecified atom stereocenters. The van der Waals surface area contributed by atoms with Crippen molar-refractivity contribution in [3.63, 3.8) is 0 Å². The van der Waals surface area contributed by atoms with Gasteiger partial charge < -0.3 is 25.0 Å². The van der Waals surface area contributed by atoms with Crippen LogP contribution in [0.4, 0.5) is 5.82 Å². The van der Waals surface area contributed by atoms with Crippen molar-refractivity contribution in [1.29, 1.82) is 0 Å². The fourth-order valence-electron chi connectivity index (χ4n) is 3.99. The Balaban J connectivity index is 1.42. The molecular weight excluding hydrogens is 402 g/mol. The van der Waals surface area contributed by atoms with Gasteiger partial charge in [0.25, 0.3) is 0 Å². The summed E-state index contributed by atoms with van der Waals surface area (Å²) >= 11 is 0. The molecule has 3 atom stereocenters. The second-order valence-corrected chi connectivity index (χ2v) is 8.50. The maximum atomic E-state index is 5.82. The van der Waals surface area contributed by atoms with E-state index in [0.29, 0.717) is 12.5 Å². The Labute approximate surface area is 192 Å². The van der Waals surface area contributed by atoms with E-state index in [1.54, 1.807) is 14.2 Å². The van der Waals surface area contributed by atoms with Crippen LogP contribution in [0, 0.1) is 0 Å². The lowest BCUT2D eigenvalue weighted by Gasteiger charge is -2.36. The van der Waals surface area contributed by atoms with E-state index in [1.165, 1.54) is 5.56 Å². The maximum absolute atomic E-state index is 5.82. The highest BCUT2D eigenvalue weighted by Crippen LogP contribution is 2.21. The number of pyridine rings is 1. The number of morpholine rings is 1. The van der Waals surface area contributed by atoms with Gasteiger partial charge in [0.1, 0.15) is 11.6 Å². The first-order valence-corrected chi connectivity index (χ1v) is 11.4. The molecule has 1 fully saturated rings.